The molecule has 0 aliphatic heterocycles. The van der Waals surface area contributed by atoms with Gasteiger partial charge in [-0.3, -0.25) is 0 Å². The van der Waals surface area contributed by atoms with Crippen molar-refractivity contribution in [1.29, 1.82) is 0 Å². The van der Waals surface area contributed by atoms with Crippen LogP contribution in [-0.2, 0) is 6.54 Å². The van der Waals surface area contributed by atoms with E-state index >= 15 is 0 Å². The van der Waals surface area contributed by atoms with E-state index in [9.17, 15) is 20.2 Å². The molecule has 0 radical (unpaired) electrons. The quantitative estimate of drug-likeness (QED) is 0.0855. The van der Waals surface area contributed by atoms with Crippen LogP contribution in [0.1, 0.15) is 64.8 Å². The summed E-state index contributed by atoms with van der Waals surface area (Å²) in [6.45, 7) is 2.82. The van der Waals surface area contributed by atoms with Crippen molar-refractivity contribution >= 4 is 44.5 Å². The molecule has 39 heavy (non-hydrogen) atoms. The van der Waals surface area contributed by atoms with Gasteiger partial charge in [0.05, 0.1) is 12.1 Å². The smallest absolute Gasteiger partial charge is 0.119 e. The van der Waals surface area contributed by atoms with Gasteiger partial charge < -0.3 is 15.0 Å². The van der Waals surface area contributed by atoms with Crippen molar-refractivity contribution in [3.05, 3.63) is 102 Å². The van der Waals surface area contributed by atoms with Crippen LogP contribution in [0.4, 0.5) is 0 Å². The molecule has 4 atom stereocenters. The molecule has 0 fully saturated rings. The zero-order valence-corrected chi connectivity index (χ0v) is 22.9. The lowest BCUT2D eigenvalue weighted by atomic mass is 9.96. The van der Waals surface area contributed by atoms with Crippen LogP contribution in [0.3, 0.4) is 0 Å². The Hall–Kier alpha value is -3.32. The first kappa shape index (κ1) is 27.3. The summed E-state index contributed by atoms with van der Waals surface area (Å²) in [5, 5.41) is 32.0. The Bertz CT molecular complexity index is 1440. The van der Waals surface area contributed by atoms with Crippen molar-refractivity contribution in [2.24, 2.45) is 10.4 Å². The lowest BCUT2D eigenvalue weighted by Crippen LogP contribution is -2.18. The Labute approximate surface area is 233 Å². The van der Waals surface area contributed by atoms with Gasteiger partial charge >= 0.3 is 0 Å². The minimum absolute atomic E-state index is 0.305. The van der Waals surface area contributed by atoms with E-state index in [1.54, 1.807) is 0 Å². The van der Waals surface area contributed by atoms with Crippen LogP contribution in [0.15, 0.2) is 81.8 Å². The molecule has 5 rings (SSSR count). The maximum atomic E-state index is 12.0. The number of hydroxylamine groups is 2. The number of nitroso groups, excluding NO2 is 2. The van der Waals surface area contributed by atoms with E-state index in [4.69, 9.17) is 0 Å². The second-order valence-electron chi connectivity index (χ2n) is 9.41. The van der Waals surface area contributed by atoms with Crippen LogP contribution in [0.5, 0.6) is 0 Å². The van der Waals surface area contributed by atoms with Gasteiger partial charge in [0.2, 0.25) is 0 Å². The Morgan fingerprint density at radius 3 is 1.56 bits per heavy atom. The SMILES string of the molecule is CCn1c2ccc(C(CC(NO)c3cccs3)N=O)cc2c2cc(C(CC(NO)c3cccs3)N=O)ccc21. The highest BCUT2D eigenvalue weighted by molar-refractivity contribution is 7.10. The number of nitrogens with one attached hydrogen (secondary N) is 2. The number of thiophene rings is 2. The highest BCUT2D eigenvalue weighted by atomic mass is 32.1. The summed E-state index contributed by atoms with van der Waals surface area (Å²) in [5.74, 6) is 0. The zero-order valence-electron chi connectivity index (χ0n) is 21.2. The summed E-state index contributed by atoms with van der Waals surface area (Å²) < 4.78 is 2.19. The molecule has 0 amide bonds. The van der Waals surface area contributed by atoms with Crippen molar-refractivity contribution in [3.8, 4) is 0 Å². The molecule has 2 aromatic carbocycles. The number of benzene rings is 2. The molecule has 0 spiro atoms. The van der Waals surface area contributed by atoms with Crippen LogP contribution in [0, 0.1) is 9.81 Å². The minimum Gasteiger partial charge on any atom is -0.341 e. The molecule has 3 heterocycles. The predicted octanol–water partition coefficient (Wildman–Crippen LogP) is 7.77. The van der Waals surface area contributed by atoms with Gasteiger partial charge in [0, 0.05) is 38.1 Å². The molecule has 5 aromatic rings. The van der Waals surface area contributed by atoms with Gasteiger partial charge in [-0.2, -0.15) is 20.8 Å². The third-order valence-corrected chi connectivity index (χ3v) is 9.23. The second kappa shape index (κ2) is 12.2. The summed E-state index contributed by atoms with van der Waals surface area (Å²) in [5.41, 5.74) is 8.17. The van der Waals surface area contributed by atoms with Gasteiger partial charge in [-0.05, 0) is 78.1 Å². The van der Waals surface area contributed by atoms with E-state index in [0.29, 0.717) is 12.8 Å². The Morgan fingerprint density at radius 1 is 0.769 bits per heavy atom. The van der Waals surface area contributed by atoms with Gasteiger partial charge in [-0.15, -0.1) is 22.7 Å². The molecule has 0 bridgehead atoms. The maximum Gasteiger partial charge on any atom is 0.119 e. The van der Waals surface area contributed by atoms with Gasteiger partial charge in [-0.1, -0.05) is 34.6 Å². The van der Waals surface area contributed by atoms with Crippen LogP contribution in [0.25, 0.3) is 21.8 Å². The molecule has 3 aromatic heterocycles. The Balaban J connectivity index is 1.53. The highest BCUT2D eigenvalue weighted by Crippen LogP contribution is 2.38. The molecular formula is C28H29N5O4S2. The summed E-state index contributed by atoms with van der Waals surface area (Å²) in [6, 6.07) is 17.2. The monoisotopic (exact) mass is 563 g/mol. The molecule has 4 unspecified atom stereocenters. The van der Waals surface area contributed by atoms with Crippen molar-refractivity contribution < 1.29 is 10.4 Å². The fraction of sp³-hybridized carbons (Fsp3) is 0.286. The first-order chi connectivity index (χ1) is 19.1. The largest absolute Gasteiger partial charge is 0.341 e. The molecule has 0 aliphatic carbocycles. The molecule has 9 nitrogen and oxygen atoms in total. The lowest BCUT2D eigenvalue weighted by Gasteiger charge is -2.17. The number of rotatable bonds is 13. The van der Waals surface area contributed by atoms with E-state index in [-0.39, 0.29) is 0 Å². The molecular weight excluding hydrogens is 534 g/mol. The van der Waals surface area contributed by atoms with E-state index in [0.717, 1.165) is 49.2 Å². The highest BCUT2D eigenvalue weighted by Gasteiger charge is 2.24. The Kier molecular flexibility index (Phi) is 8.56. The standard InChI is InChI=1S/C28H29N5O4S2/c1-2-33-25-9-7-17(21(29-34)15-23(31-36)27-5-3-11-38-27)13-19(25)20-14-18(8-10-26(20)33)22(30-35)16-24(32-37)28-6-4-12-39-28/h3-14,21-24,31-32,36-37H,2,15-16H2,1H3. The van der Waals surface area contributed by atoms with Crippen LogP contribution in [0.2, 0.25) is 0 Å². The average Bonchev–Trinajstić information content (AvgIpc) is 3.75. The third kappa shape index (κ3) is 5.42. The van der Waals surface area contributed by atoms with E-state index in [2.05, 4.69) is 32.8 Å². The first-order valence-corrected chi connectivity index (χ1v) is 14.4. The fourth-order valence-electron chi connectivity index (χ4n) is 5.27. The number of aromatic nitrogens is 1. The van der Waals surface area contributed by atoms with Crippen molar-refractivity contribution in [2.75, 3.05) is 0 Å². The summed E-state index contributed by atoms with van der Waals surface area (Å²) in [6.07, 6.45) is 0.609. The first-order valence-electron chi connectivity index (χ1n) is 12.7. The minimum atomic E-state index is -0.670. The summed E-state index contributed by atoms with van der Waals surface area (Å²) in [7, 11) is 0. The van der Waals surface area contributed by atoms with Crippen LogP contribution < -0.4 is 11.0 Å². The summed E-state index contributed by atoms with van der Waals surface area (Å²) in [4.78, 5) is 25.8. The van der Waals surface area contributed by atoms with E-state index in [1.807, 2.05) is 71.4 Å². The lowest BCUT2D eigenvalue weighted by molar-refractivity contribution is 0.120. The van der Waals surface area contributed by atoms with Gasteiger partial charge in [0.25, 0.3) is 0 Å². The molecule has 4 N–H and O–H groups in total. The van der Waals surface area contributed by atoms with Gasteiger partial charge in [0.1, 0.15) is 12.1 Å². The number of aryl methyl sites for hydroxylation is 1. The number of hydrogen-bond acceptors (Lipinski definition) is 10. The van der Waals surface area contributed by atoms with Gasteiger partial charge in [0.15, 0.2) is 0 Å². The van der Waals surface area contributed by atoms with Crippen LogP contribution in [-0.4, -0.2) is 15.0 Å². The molecule has 0 saturated carbocycles. The van der Waals surface area contributed by atoms with E-state index in [1.165, 1.54) is 22.7 Å². The van der Waals surface area contributed by atoms with Crippen molar-refractivity contribution in [3.63, 3.8) is 0 Å². The van der Waals surface area contributed by atoms with Crippen molar-refractivity contribution in [2.45, 2.75) is 50.5 Å². The topological polar surface area (TPSA) is 128 Å². The molecule has 0 aliphatic rings. The Morgan fingerprint density at radius 2 is 1.23 bits per heavy atom. The number of fused-ring (bicyclic) bond motifs is 3. The van der Waals surface area contributed by atoms with Gasteiger partial charge in [-0.25, -0.2) is 0 Å². The fourth-order valence-corrected chi connectivity index (χ4v) is 6.83. The van der Waals surface area contributed by atoms with E-state index < -0.39 is 24.2 Å². The number of nitrogens with zero attached hydrogens (tertiary/aromatic N) is 3. The van der Waals surface area contributed by atoms with Crippen LogP contribution >= 0.6 is 22.7 Å². The predicted molar refractivity (Wildman–Crippen MR) is 155 cm³/mol. The second-order valence-corrected chi connectivity index (χ2v) is 11.4. The molecule has 0 saturated heterocycles. The summed E-state index contributed by atoms with van der Waals surface area (Å²) >= 11 is 3.00. The normalized spacial score (nSPS) is 14.8. The third-order valence-electron chi connectivity index (χ3n) is 7.26. The zero-order chi connectivity index (χ0) is 27.4. The average molecular weight is 564 g/mol. The maximum absolute atomic E-state index is 12.0. The van der Waals surface area contributed by atoms with Crippen molar-refractivity contribution in [1.82, 2.24) is 15.5 Å². The molecule has 202 valence electrons. The number of hydrogen-bond donors (Lipinski definition) is 4. The molecule has 11 heteroatoms.